The molecule has 0 aliphatic heterocycles. The predicted octanol–water partition coefficient (Wildman–Crippen LogP) is 3.60. The fraction of sp³-hybridized carbons (Fsp3) is 0.381. The molecule has 0 atom stereocenters. The monoisotopic (exact) mass is 427 g/mol. The number of benzene rings is 1. The number of fused-ring (bicyclic) bond motifs is 1. The number of amides is 1. The Morgan fingerprint density at radius 3 is 2.50 bits per heavy atom. The zero-order valence-electron chi connectivity index (χ0n) is 17.7. The van der Waals surface area contributed by atoms with Gasteiger partial charge in [-0.1, -0.05) is 11.8 Å². The van der Waals surface area contributed by atoms with Crippen molar-refractivity contribution in [3.8, 4) is 0 Å². The van der Waals surface area contributed by atoms with Gasteiger partial charge in [-0.15, -0.1) is 5.10 Å². The second kappa shape index (κ2) is 9.25. The van der Waals surface area contributed by atoms with E-state index < -0.39 is 0 Å². The van der Waals surface area contributed by atoms with E-state index in [2.05, 4.69) is 20.4 Å². The molecular weight excluding hydrogens is 402 g/mol. The van der Waals surface area contributed by atoms with E-state index in [0.29, 0.717) is 35.0 Å². The van der Waals surface area contributed by atoms with E-state index >= 15 is 0 Å². The number of anilines is 1. The molecule has 0 unspecified atom stereocenters. The average molecular weight is 428 g/mol. The third kappa shape index (κ3) is 4.96. The number of rotatable bonds is 7. The molecule has 0 aliphatic carbocycles. The van der Waals surface area contributed by atoms with Crippen molar-refractivity contribution in [2.75, 3.05) is 11.6 Å². The van der Waals surface area contributed by atoms with Crippen LogP contribution in [0.15, 0.2) is 29.4 Å². The van der Waals surface area contributed by atoms with Crippen molar-refractivity contribution in [2.24, 2.45) is 0 Å². The molecule has 30 heavy (non-hydrogen) atoms. The molecule has 158 valence electrons. The van der Waals surface area contributed by atoms with E-state index in [9.17, 15) is 9.59 Å². The van der Waals surface area contributed by atoms with Crippen LogP contribution in [0.1, 0.15) is 47.6 Å². The van der Waals surface area contributed by atoms with Crippen LogP contribution in [-0.4, -0.2) is 43.8 Å². The minimum absolute atomic E-state index is 0.116. The van der Waals surface area contributed by atoms with Crippen LogP contribution in [0.2, 0.25) is 0 Å². The Morgan fingerprint density at radius 2 is 1.87 bits per heavy atom. The largest absolute Gasteiger partial charge is 0.459 e. The van der Waals surface area contributed by atoms with Gasteiger partial charge in [0, 0.05) is 23.5 Å². The standard InChI is InChI=1S/C21H25N5O3S/c1-12(2)29-19(28)15-6-8-16(9-7-15)23-18(27)11-10-17-13(3)22-20-24-21(30-5)25-26(20)14(17)4/h6-9,12H,10-11H2,1-5H3,(H,23,27). The van der Waals surface area contributed by atoms with Crippen molar-refractivity contribution in [1.29, 1.82) is 0 Å². The van der Waals surface area contributed by atoms with Gasteiger partial charge >= 0.3 is 5.97 Å². The molecule has 9 heteroatoms. The lowest BCUT2D eigenvalue weighted by Gasteiger charge is -2.11. The molecule has 0 fully saturated rings. The number of hydrogen-bond donors (Lipinski definition) is 1. The molecule has 2 heterocycles. The van der Waals surface area contributed by atoms with Crippen LogP contribution in [0, 0.1) is 13.8 Å². The first-order valence-electron chi connectivity index (χ1n) is 9.66. The van der Waals surface area contributed by atoms with Crippen molar-refractivity contribution in [1.82, 2.24) is 19.6 Å². The molecule has 2 aromatic heterocycles. The third-order valence-corrected chi connectivity index (χ3v) is 5.10. The molecule has 0 spiro atoms. The van der Waals surface area contributed by atoms with Gasteiger partial charge in [-0.3, -0.25) is 4.79 Å². The van der Waals surface area contributed by atoms with Crippen LogP contribution < -0.4 is 5.32 Å². The zero-order valence-corrected chi connectivity index (χ0v) is 18.5. The summed E-state index contributed by atoms with van der Waals surface area (Å²) in [6.07, 6.45) is 2.58. The zero-order chi connectivity index (χ0) is 21.8. The predicted molar refractivity (Wildman–Crippen MR) is 116 cm³/mol. The quantitative estimate of drug-likeness (QED) is 0.454. The first-order valence-corrected chi connectivity index (χ1v) is 10.9. The maximum absolute atomic E-state index is 12.4. The van der Waals surface area contributed by atoms with Crippen molar-refractivity contribution < 1.29 is 14.3 Å². The number of nitrogens with one attached hydrogen (secondary N) is 1. The van der Waals surface area contributed by atoms with Crippen molar-refractivity contribution >= 4 is 35.1 Å². The molecule has 0 saturated heterocycles. The number of esters is 1. The van der Waals surface area contributed by atoms with Gasteiger partial charge in [0.2, 0.25) is 11.1 Å². The number of carbonyl (C=O) groups excluding carboxylic acids is 2. The van der Waals surface area contributed by atoms with Gasteiger partial charge in [-0.05, 0) is 70.2 Å². The summed E-state index contributed by atoms with van der Waals surface area (Å²) in [4.78, 5) is 33.2. The van der Waals surface area contributed by atoms with Crippen LogP contribution in [0.4, 0.5) is 5.69 Å². The van der Waals surface area contributed by atoms with Gasteiger partial charge in [0.05, 0.1) is 11.7 Å². The van der Waals surface area contributed by atoms with E-state index in [1.807, 2.05) is 20.1 Å². The van der Waals surface area contributed by atoms with Crippen LogP contribution in [0.3, 0.4) is 0 Å². The van der Waals surface area contributed by atoms with Gasteiger partial charge in [0.1, 0.15) is 0 Å². The Morgan fingerprint density at radius 1 is 1.17 bits per heavy atom. The molecule has 3 aromatic rings. The molecule has 1 amide bonds. The highest BCUT2D eigenvalue weighted by atomic mass is 32.2. The lowest BCUT2D eigenvalue weighted by atomic mass is 10.1. The molecule has 0 bridgehead atoms. The molecule has 8 nitrogen and oxygen atoms in total. The van der Waals surface area contributed by atoms with Gasteiger partial charge in [-0.25, -0.2) is 14.3 Å². The van der Waals surface area contributed by atoms with E-state index in [0.717, 1.165) is 17.0 Å². The van der Waals surface area contributed by atoms with Gasteiger partial charge < -0.3 is 10.1 Å². The second-order valence-electron chi connectivity index (χ2n) is 7.15. The molecule has 0 aliphatic rings. The lowest BCUT2D eigenvalue weighted by Crippen LogP contribution is -2.15. The number of aromatic nitrogens is 4. The van der Waals surface area contributed by atoms with E-state index in [4.69, 9.17) is 4.74 Å². The highest BCUT2D eigenvalue weighted by molar-refractivity contribution is 7.98. The highest BCUT2D eigenvalue weighted by Gasteiger charge is 2.15. The number of aryl methyl sites for hydroxylation is 2. The van der Waals surface area contributed by atoms with Crippen molar-refractivity contribution in [2.45, 2.75) is 51.8 Å². The summed E-state index contributed by atoms with van der Waals surface area (Å²) in [5.41, 5.74) is 3.85. The second-order valence-corrected chi connectivity index (χ2v) is 7.92. The number of ether oxygens (including phenoxy) is 1. The topological polar surface area (TPSA) is 98.5 Å². The normalized spacial score (nSPS) is 11.1. The number of hydrogen-bond acceptors (Lipinski definition) is 7. The smallest absolute Gasteiger partial charge is 0.338 e. The van der Waals surface area contributed by atoms with E-state index in [-0.39, 0.29) is 18.0 Å². The van der Waals surface area contributed by atoms with Crippen LogP contribution in [0.25, 0.3) is 5.78 Å². The molecule has 3 rings (SSSR count). The van der Waals surface area contributed by atoms with Crippen LogP contribution in [-0.2, 0) is 16.0 Å². The van der Waals surface area contributed by atoms with E-state index in [1.165, 1.54) is 11.8 Å². The summed E-state index contributed by atoms with van der Waals surface area (Å²) in [5, 5.41) is 7.96. The Kier molecular flexibility index (Phi) is 6.71. The number of thioether (sulfide) groups is 1. The van der Waals surface area contributed by atoms with Gasteiger partial charge in [-0.2, -0.15) is 4.98 Å². The molecule has 1 aromatic carbocycles. The Labute approximate surface area is 179 Å². The lowest BCUT2D eigenvalue weighted by molar-refractivity contribution is -0.116. The maximum atomic E-state index is 12.4. The van der Waals surface area contributed by atoms with Crippen LogP contribution in [0.5, 0.6) is 0 Å². The summed E-state index contributed by atoms with van der Waals surface area (Å²) in [5.74, 6) is 0.0721. The Balaban J connectivity index is 1.64. The fourth-order valence-corrected chi connectivity index (χ4v) is 3.41. The first-order chi connectivity index (χ1) is 14.3. The molecule has 0 saturated carbocycles. The molecule has 1 N–H and O–H groups in total. The minimum Gasteiger partial charge on any atom is -0.459 e. The Bertz CT molecular complexity index is 1080. The van der Waals surface area contributed by atoms with E-state index in [1.54, 1.807) is 42.6 Å². The molecular formula is C21H25N5O3S. The Hall–Kier alpha value is -2.94. The highest BCUT2D eigenvalue weighted by Crippen LogP contribution is 2.18. The summed E-state index contributed by atoms with van der Waals surface area (Å²) >= 11 is 1.46. The fourth-order valence-electron chi connectivity index (χ4n) is 3.07. The summed E-state index contributed by atoms with van der Waals surface area (Å²) in [6, 6.07) is 6.66. The summed E-state index contributed by atoms with van der Waals surface area (Å²) in [7, 11) is 0. The first kappa shape index (κ1) is 21.8. The van der Waals surface area contributed by atoms with Gasteiger partial charge in [0.25, 0.3) is 5.78 Å². The average Bonchev–Trinajstić information content (AvgIpc) is 3.11. The number of nitrogens with zero attached hydrogens (tertiary/aromatic N) is 4. The van der Waals surface area contributed by atoms with Crippen molar-refractivity contribution in [3.63, 3.8) is 0 Å². The SMILES string of the molecule is CSc1nc2nc(C)c(CCC(=O)Nc3ccc(C(=O)OC(C)C)cc3)c(C)n2n1. The minimum atomic E-state index is -0.380. The van der Waals surface area contributed by atoms with Crippen LogP contribution >= 0.6 is 11.8 Å². The number of carbonyl (C=O) groups is 2. The van der Waals surface area contributed by atoms with Crippen molar-refractivity contribution in [3.05, 3.63) is 46.8 Å². The summed E-state index contributed by atoms with van der Waals surface area (Å²) < 4.78 is 6.88. The third-order valence-electron chi connectivity index (χ3n) is 4.56. The van der Waals surface area contributed by atoms with Gasteiger partial charge in [0.15, 0.2) is 0 Å². The maximum Gasteiger partial charge on any atom is 0.338 e. The summed E-state index contributed by atoms with van der Waals surface area (Å²) in [6.45, 7) is 7.48. The molecule has 0 radical (unpaired) electrons.